The zero-order valence-corrected chi connectivity index (χ0v) is 10.6. The van der Waals surface area contributed by atoms with Crippen molar-refractivity contribution in [2.24, 2.45) is 0 Å². The molecule has 5 nitrogen and oxygen atoms in total. The molecule has 18 heavy (non-hydrogen) atoms. The minimum atomic E-state index is -0.861. The molecule has 1 aromatic heterocycles. The third-order valence-corrected chi connectivity index (χ3v) is 3.65. The van der Waals surface area contributed by atoms with Crippen LogP contribution in [0.2, 0.25) is 5.02 Å². The number of nitrogens with zero attached hydrogens (tertiary/aromatic N) is 2. The predicted molar refractivity (Wildman–Crippen MR) is 66.7 cm³/mol. The second-order valence-electron chi connectivity index (χ2n) is 4.40. The van der Waals surface area contributed by atoms with Crippen LogP contribution in [-0.4, -0.2) is 39.3 Å². The number of pyridine rings is 1. The molecule has 0 aliphatic carbocycles. The molecule has 0 atom stereocenters. The van der Waals surface area contributed by atoms with Gasteiger partial charge in [-0.1, -0.05) is 11.6 Å². The molecule has 1 aliphatic heterocycles. The Kier molecular flexibility index (Phi) is 4.04. The van der Waals surface area contributed by atoms with Crippen LogP contribution in [0, 0.1) is 0 Å². The van der Waals surface area contributed by atoms with E-state index in [1.54, 1.807) is 6.20 Å². The Morgan fingerprint density at radius 3 is 2.67 bits per heavy atom. The first-order valence-electron chi connectivity index (χ1n) is 5.85. The number of carbonyl (C=O) groups is 1. The van der Waals surface area contributed by atoms with Crippen molar-refractivity contribution < 1.29 is 15.0 Å². The molecule has 6 heteroatoms. The van der Waals surface area contributed by atoms with Gasteiger partial charge in [-0.2, -0.15) is 0 Å². The molecule has 1 amide bonds. The van der Waals surface area contributed by atoms with E-state index >= 15 is 0 Å². The highest BCUT2D eigenvalue weighted by Gasteiger charge is 2.23. The summed E-state index contributed by atoms with van der Waals surface area (Å²) in [6.45, 7) is 0.912. The number of hydrogen-bond acceptors (Lipinski definition) is 3. The summed E-state index contributed by atoms with van der Waals surface area (Å²) >= 11 is 6.00. The molecule has 2 N–H and O–H groups in total. The molecule has 0 radical (unpaired) electrons. The minimum absolute atomic E-state index is 0.170. The quantitative estimate of drug-likeness (QED) is 0.863. The lowest BCUT2D eigenvalue weighted by molar-refractivity contribution is 0.132. The molecular weight excluding hydrogens is 256 g/mol. The van der Waals surface area contributed by atoms with Crippen molar-refractivity contribution in [3.8, 4) is 0 Å². The topological polar surface area (TPSA) is 73.7 Å². The Morgan fingerprint density at radius 2 is 2.17 bits per heavy atom. The summed E-state index contributed by atoms with van der Waals surface area (Å²) in [5, 5.41) is 18.3. The van der Waals surface area contributed by atoms with Crippen LogP contribution in [0.5, 0.6) is 0 Å². The summed E-state index contributed by atoms with van der Waals surface area (Å²) in [6.07, 6.45) is 2.42. The predicted octanol–water partition coefficient (Wildman–Crippen LogP) is 2.08. The van der Waals surface area contributed by atoms with Crippen LogP contribution in [0.25, 0.3) is 0 Å². The Hall–Kier alpha value is -1.33. The highest BCUT2D eigenvalue weighted by atomic mass is 35.5. The fraction of sp³-hybridized carbons (Fsp3) is 0.500. The van der Waals surface area contributed by atoms with E-state index < -0.39 is 6.09 Å². The SMILES string of the molecule is O=C(O)N1CCC(c2cnc(CO)c(Cl)c2)CC1. The average Bonchev–Trinajstić information content (AvgIpc) is 2.38. The fourth-order valence-corrected chi connectivity index (χ4v) is 2.46. The maximum Gasteiger partial charge on any atom is 0.407 e. The van der Waals surface area contributed by atoms with Crippen molar-refractivity contribution >= 4 is 17.7 Å². The number of aromatic nitrogens is 1. The van der Waals surface area contributed by atoms with E-state index in [9.17, 15) is 4.79 Å². The van der Waals surface area contributed by atoms with Crippen LogP contribution < -0.4 is 0 Å². The maximum absolute atomic E-state index is 10.8. The lowest BCUT2D eigenvalue weighted by Crippen LogP contribution is -2.36. The number of piperidine rings is 1. The second kappa shape index (κ2) is 5.54. The number of likely N-dealkylation sites (tertiary alicyclic amines) is 1. The molecule has 98 valence electrons. The summed E-state index contributed by atoms with van der Waals surface area (Å²) in [5.41, 5.74) is 1.49. The lowest BCUT2D eigenvalue weighted by Gasteiger charge is -2.30. The van der Waals surface area contributed by atoms with Crippen LogP contribution in [0.1, 0.15) is 30.0 Å². The number of hydrogen-bond donors (Lipinski definition) is 2. The smallest absolute Gasteiger partial charge is 0.407 e. The van der Waals surface area contributed by atoms with Gasteiger partial charge in [-0.25, -0.2) is 4.79 Å². The van der Waals surface area contributed by atoms with Gasteiger partial charge in [-0.05, 0) is 30.4 Å². The Morgan fingerprint density at radius 1 is 1.50 bits per heavy atom. The Bertz CT molecular complexity index is 445. The number of carboxylic acid groups (broad SMARTS) is 1. The van der Waals surface area contributed by atoms with Crippen LogP contribution in [-0.2, 0) is 6.61 Å². The van der Waals surface area contributed by atoms with Gasteiger partial charge in [0, 0.05) is 19.3 Å². The molecule has 0 saturated carbocycles. The summed E-state index contributed by atoms with van der Waals surface area (Å²) < 4.78 is 0. The van der Waals surface area contributed by atoms with Gasteiger partial charge >= 0.3 is 6.09 Å². The lowest BCUT2D eigenvalue weighted by atomic mass is 9.90. The number of aliphatic hydroxyl groups is 1. The molecule has 1 aliphatic rings. The molecule has 0 aromatic carbocycles. The fourth-order valence-electron chi connectivity index (χ4n) is 2.22. The van der Waals surface area contributed by atoms with Gasteiger partial charge in [0.05, 0.1) is 17.3 Å². The second-order valence-corrected chi connectivity index (χ2v) is 4.81. The third kappa shape index (κ3) is 2.73. The summed E-state index contributed by atoms with van der Waals surface area (Å²) in [7, 11) is 0. The standard InChI is InChI=1S/C12H15ClN2O3/c13-10-5-9(6-14-11(10)7-16)8-1-3-15(4-2-8)12(17)18/h5-6,8,16H,1-4,7H2,(H,17,18). The highest BCUT2D eigenvalue weighted by molar-refractivity contribution is 6.31. The van der Waals surface area contributed by atoms with Crippen LogP contribution in [0.15, 0.2) is 12.3 Å². The normalized spacial score (nSPS) is 16.9. The van der Waals surface area contributed by atoms with Gasteiger partial charge in [-0.3, -0.25) is 4.98 Å². The summed E-state index contributed by atoms with van der Waals surface area (Å²) in [4.78, 5) is 16.3. The average molecular weight is 271 g/mol. The highest BCUT2D eigenvalue weighted by Crippen LogP contribution is 2.29. The van der Waals surface area contributed by atoms with E-state index in [2.05, 4.69) is 4.98 Å². The Balaban J connectivity index is 2.05. The van der Waals surface area contributed by atoms with Crippen molar-refractivity contribution in [2.75, 3.05) is 13.1 Å². The van der Waals surface area contributed by atoms with Crippen molar-refractivity contribution in [3.63, 3.8) is 0 Å². The van der Waals surface area contributed by atoms with E-state index in [1.165, 1.54) is 4.90 Å². The number of aliphatic hydroxyl groups excluding tert-OH is 1. The first-order chi connectivity index (χ1) is 8.61. The zero-order chi connectivity index (χ0) is 13.1. The zero-order valence-electron chi connectivity index (χ0n) is 9.84. The van der Waals surface area contributed by atoms with E-state index in [0.29, 0.717) is 29.7 Å². The third-order valence-electron chi connectivity index (χ3n) is 3.33. The molecule has 0 spiro atoms. The molecule has 1 saturated heterocycles. The monoisotopic (exact) mass is 270 g/mol. The molecule has 0 unspecified atom stereocenters. The molecule has 2 rings (SSSR count). The van der Waals surface area contributed by atoms with Crippen molar-refractivity contribution in [2.45, 2.75) is 25.4 Å². The minimum Gasteiger partial charge on any atom is -0.465 e. The molecule has 1 fully saturated rings. The Labute approximate surface area is 110 Å². The van der Waals surface area contributed by atoms with Gasteiger partial charge in [-0.15, -0.1) is 0 Å². The van der Waals surface area contributed by atoms with Gasteiger partial charge in [0.25, 0.3) is 0 Å². The van der Waals surface area contributed by atoms with Crippen LogP contribution in [0.4, 0.5) is 4.79 Å². The molecule has 2 heterocycles. The van der Waals surface area contributed by atoms with Crippen LogP contribution >= 0.6 is 11.6 Å². The number of amides is 1. The van der Waals surface area contributed by atoms with E-state index in [4.69, 9.17) is 21.8 Å². The first-order valence-corrected chi connectivity index (χ1v) is 6.22. The van der Waals surface area contributed by atoms with Gasteiger partial charge in [0.1, 0.15) is 0 Å². The summed E-state index contributed by atoms with van der Waals surface area (Å²) in [6, 6.07) is 1.82. The molecule has 1 aromatic rings. The largest absolute Gasteiger partial charge is 0.465 e. The molecular formula is C12H15ClN2O3. The molecule has 0 bridgehead atoms. The van der Waals surface area contributed by atoms with Gasteiger partial charge in [0.2, 0.25) is 0 Å². The maximum atomic E-state index is 10.8. The van der Waals surface area contributed by atoms with E-state index in [0.717, 1.165) is 18.4 Å². The van der Waals surface area contributed by atoms with Crippen LogP contribution in [0.3, 0.4) is 0 Å². The first kappa shape index (κ1) is 13.1. The summed E-state index contributed by atoms with van der Waals surface area (Å²) in [5.74, 6) is 0.290. The van der Waals surface area contributed by atoms with Crippen molar-refractivity contribution in [1.29, 1.82) is 0 Å². The van der Waals surface area contributed by atoms with E-state index in [1.807, 2.05) is 6.07 Å². The number of halogens is 1. The van der Waals surface area contributed by atoms with Gasteiger partial charge < -0.3 is 15.1 Å². The van der Waals surface area contributed by atoms with Crippen molar-refractivity contribution in [3.05, 3.63) is 28.5 Å². The number of rotatable bonds is 2. The van der Waals surface area contributed by atoms with E-state index in [-0.39, 0.29) is 6.61 Å². The van der Waals surface area contributed by atoms with Gasteiger partial charge in [0.15, 0.2) is 0 Å². The van der Waals surface area contributed by atoms with Crippen molar-refractivity contribution in [1.82, 2.24) is 9.88 Å².